The van der Waals surface area contributed by atoms with E-state index >= 15 is 0 Å². The van der Waals surface area contributed by atoms with Crippen LogP contribution in [0, 0.1) is 5.92 Å². The lowest BCUT2D eigenvalue weighted by atomic mass is 9.91. The number of rotatable bonds is 4. The fourth-order valence-electron chi connectivity index (χ4n) is 1.75. The largest absolute Gasteiger partial charge is 0.315 e. The Balaban J connectivity index is 3.32. The first-order valence-corrected chi connectivity index (χ1v) is 6.51. The Morgan fingerprint density at radius 1 is 1.39 bits per heavy atom. The molecule has 1 heterocycles. The number of nitrogens with one attached hydrogen (secondary N) is 1. The third-order valence-corrected chi connectivity index (χ3v) is 2.72. The maximum absolute atomic E-state index is 12.2. The van der Waals surface area contributed by atoms with E-state index in [0.717, 1.165) is 11.3 Å². The average molecular weight is 251 g/mol. The van der Waals surface area contributed by atoms with Crippen molar-refractivity contribution in [2.75, 3.05) is 7.05 Å². The van der Waals surface area contributed by atoms with Gasteiger partial charge in [0, 0.05) is 24.1 Å². The lowest BCUT2D eigenvalue weighted by molar-refractivity contribution is 0.434. The van der Waals surface area contributed by atoms with Crippen LogP contribution in [0.1, 0.15) is 45.9 Å². The molecule has 0 unspecified atom stereocenters. The van der Waals surface area contributed by atoms with Crippen LogP contribution < -0.4 is 10.9 Å². The van der Waals surface area contributed by atoms with E-state index in [-0.39, 0.29) is 11.0 Å². The molecule has 0 aliphatic heterocycles. The summed E-state index contributed by atoms with van der Waals surface area (Å²) in [5, 5.41) is 7.55. The maximum Gasteiger partial charge on any atom is 0.271 e. The summed E-state index contributed by atoms with van der Waals surface area (Å²) in [5.41, 5.74) is 1.73. The van der Waals surface area contributed by atoms with Gasteiger partial charge in [-0.05, 0) is 19.0 Å². The highest BCUT2D eigenvalue weighted by Gasteiger charge is 2.19. The fraction of sp³-hybridized carbons (Fsp3) is 0.714. The number of nitrogens with zero attached hydrogens (tertiary/aromatic N) is 2. The molecule has 0 atom stereocenters. The minimum atomic E-state index is -0.0467. The summed E-state index contributed by atoms with van der Waals surface area (Å²) >= 11 is 0. The van der Waals surface area contributed by atoms with Gasteiger partial charge in [-0.2, -0.15) is 5.10 Å². The standard InChI is InChI=1S/C14H25N3O/c1-10(2)9-17-13(18)11(8-15-6)7-12(16-17)14(3,4)5/h7,10,15H,8-9H2,1-6H3. The second-order valence-corrected chi connectivity index (χ2v) is 6.22. The first kappa shape index (κ1) is 14.9. The molecule has 18 heavy (non-hydrogen) atoms. The molecular weight excluding hydrogens is 226 g/mol. The van der Waals surface area contributed by atoms with Crippen LogP contribution in [0.3, 0.4) is 0 Å². The van der Waals surface area contributed by atoms with Crippen molar-refractivity contribution in [1.82, 2.24) is 15.1 Å². The Hall–Kier alpha value is -1.16. The first-order valence-electron chi connectivity index (χ1n) is 6.51. The first-order chi connectivity index (χ1) is 8.25. The molecule has 0 amide bonds. The zero-order chi connectivity index (χ0) is 13.9. The van der Waals surface area contributed by atoms with Gasteiger partial charge in [-0.1, -0.05) is 34.6 Å². The van der Waals surface area contributed by atoms with Gasteiger partial charge in [0.25, 0.3) is 5.56 Å². The van der Waals surface area contributed by atoms with Gasteiger partial charge >= 0.3 is 0 Å². The smallest absolute Gasteiger partial charge is 0.271 e. The van der Waals surface area contributed by atoms with E-state index < -0.39 is 0 Å². The molecule has 0 saturated heterocycles. The zero-order valence-corrected chi connectivity index (χ0v) is 12.4. The minimum Gasteiger partial charge on any atom is -0.315 e. The summed E-state index contributed by atoms with van der Waals surface area (Å²) in [7, 11) is 1.85. The molecule has 102 valence electrons. The number of hydrogen-bond acceptors (Lipinski definition) is 3. The van der Waals surface area contributed by atoms with Crippen LogP contribution in [0.2, 0.25) is 0 Å². The van der Waals surface area contributed by atoms with Gasteiger partial charge in [-0.25, -0.2) is 4.68 Å². The van der Waals surface area contributed by atoms with Gasteiger partial charge in [0.1, 0.15) is 0 Å². The lowest BCUT2D eigenvalue weighted by Crippen LogP contribution is -2.33. The summed E-state index contributed by atoms with van der Waals surface area (Å²) in [5.74, 6) is 0.410. The molecule has 0 aromatic carbocycles. The van der Waals surface area contributed by atoms with E-state index in [1.165, 1.54) is 0 Å². The number of aromatic nitrogens is 2. The Morgan fingerprint density at radius 2 is 2.00 bits per heavy atom. The van der Waals surface area contributed by atoms with Crippen LogP contribution in [0.15, 0.2) is 10.9 Å². The van der Waals surface area contributed by atoms with Crippen molar-refractivity contribution >= 4 is 0 Å². The zero-order valence-electron chi connectivity index (χ0n) is 12.4. The molecule has 1 aromatic heterocycles. The third kappa shape index (κ3) is 3.67. The molecule has 0 radical (unpaired) electrons. The van der Waals surface area contributed by atoms with Gasteiger partial charge in [-0.15, -0.1) is 0 Å². The van der Waals surface area contributed by atoms with Crippen LogP contribution in [0.5, 0.6) is 0 Å². The van der Waals surface area contributed by atoms with E-state index in [0.29, 0.717) is 19.0 Å². The molecule has 1 aromatic rings. The molecule has 0 bridgehead atoms. The topological polar surface area (TPSA) is 46.9 Å². The Labute approximate surface area is 109 Å². The SMILES string of the molecule is CNCc1cc(C(C)(C)C)nn(CC(C)C)c1=O. The molecule has 1 N–H and O–H groups in total. The molecule has 0 aliphatic rings. The molecular formula is C14H25N3O. The molecule has 1 rings (SSSR count). The van der Waals surface area contributed by atoms with E-state index in [9.17, 15) is 4.79 Å². The van der Waals surface area contributed by atoms with E-state index in [1.807, 2.05) is 13.1 Å². The highest BCUT2D eigenvalue weighted by molar-refractivity contribution is 5.19. The Morgan fingerprint density at radius 3 is 2.44 bits per heavy atom. The predicted molar refractivity (Wildman–Crippen MR) is 74.8 cm³/mol. The molecule has 0 fully saturated rings. The van der Waals surface area contributed by atoms with Crippen LogP contribution in [0.4, 0.5) is 0 Å². The van der Waals surface area contributed by atoms with E-state index in [2.05, 4.69) is 45.0 Å². The molecule has 0 spiro atoms. The highest BCUT2D eigenvalue weighted by Crippen LogP contribution is 2.19. The van der Waals surface area contributed by atoms with E-state index in [1.54, 1.807) is 4.68 Å². The summed E-state index contributed by atoms with van der Waals surface area (Å²) in [6, 6.07) is 1.93. The highest BCUT2D eigenvalue weighted by atomic mass is 16.1. The van der Waals surface area contributed by atoms with Gasteiger partial charge in [-0.3, -0.25) is 4.79 Å². The fourth-order valence-corrected chi connectivity index (χ4v) is 1.75. The quantitative estimate of drug-likeness (QED) is 0.889. The van der Waals surface area contributed by atoms with E-state index in [4.69, 9.17) is 0 Å². The van der Waals surface area contributed by atoms with Gasteiger partial charge in [0.2, 0.25) is 0 Å². The summed E-state index contributed by atoms with van der Waals surface area (Å²) < 4.78 is 1.61. The average Bonchev–Trinajstić information content (AvgIpc) is 2.21. The normalized spacial score (nSPS) is 12.2. The Bertz CT molecular complexity index is 455. The number of hydrogen-bond donors (Lipinski definition) is 1. The third-order valence-electron chi connectivity index (χ3n) is 2.72. The van der Waals surface area contributed by atoms with Crippen molar-refractivity contribution in [3.8, 4) is 0 Å². The van der Waals surface area contributed by atoms with Gasteiger partial charge < -0.3 is 5.32 Å². The maximum atomic E-state index is 12.2. The summed E-state index contributed by atoms with van der Waals surface area (Å²) in [6.45, 7) is 11.8. The summed E-state index contributed by atoms with van der Waals surface area (Å²) in [4.78, 5) is 12.2. The van der Waals surface area contributed by atoms with Crippen molar-refractivity contribution in [3.63, 3.8) is 0 Å². The van der Waals surface area contributed by atoms with Crippen molar-refractivity contribution in [3.05, 3.63) is 27.7 Å². The molecule has 0 saturated carbocycles. The van der Waals surface area contributed by atoms with Crippen LogP contribution in [0.25, 0.3) is 0 Å². The Kier molecular flexibility index (Phi) is 4.68. The van der Waals surface area contributed by atoms with Crippen molar-refractivity contribution in [1.29, 1.82) is 0 Å². The lowest BCUT2D eigenvalue weighted by Gasteiger charge is -2.20. The van der Waals surface area contributed by atoms with Crippen molar-refractivity contribution in [2.24, 2.45) is 5.92 Å². The second-order valence-electron chi connectivity index (χ2n) is 6.22. The monoisotopic (exact) mass is 251 g/mol. The minimum absolute atomic E-state index is 0.0195. The van der Waals surface area contributed by atoms with Crippen LogP contribution in [-0.4, -0.2) is 16.8 Å². The second kappa shape index (κ2) is 5.65. The van der Waals surface area contributed by atoms with Crippen molar-refractivity contribution in [2.45, 2.75) is 53.1 Å². The molecule has 0 aliphatic carbocycles. The molecule has 4 nitrogen and oxygen atoms in total. The van der Waals surface area contributed by atoms with Crippen LogP contribution in [-0.2, 0) is 18.5 Å². The predicted octanol–water partition coefficient (Wildman–Crippen LogP) is 1.92. The summed E-state index contributed by atoms with van der Waals surface area (Å²) in [6.07, 6.45) is 0. The molecule has 4 heteroatoms. The van der Waals surface area contributed by atoms with Gasteiger partial charge in [0.05, 0.1) is 5.69 Å². The van der Waals surface area contributed by atoms with Gasteiger partial charge in [0.15, 0.2) is 0 Å². The van der Waals surface area contributed by atoms with Crippen LogP contribution >= 0.6 is 0 Å². The van der Waals surface area contributed by atoms with Crippen molar-refractivity contribution < 1.29 is 0 Å².